The number of aromatic nitrogens is 2. The van der Waals surface area contributed by atoms with Gasteiger partial charge in [-0.25, -0.2) is 0 Å². The van der Waals surface area contributed by atoms with Crippen molar-refractivity contribution < 1.29 is 27.5 Å². The normalized spacial score (nSPS) is 15.6. The van der Waals surface area contributed by atoms with Gasteiger partial charge in [0.15, 0.2) is 5.69 Å². The van der Waals surface area contributed by atoms with E-state index in [1.807, 2.05) is 18.2 Å². The second-order valence-electron chi connectivity index (χ2n) is 8.21. The van der Waals surface area contributed by atoms with Crippen LogP contribution in [0.15, 0.2) is 48.5 Å². The zero-order valence-electron chi connectivity index (χ0n) is 18.9. The van der Waals surface area contributed by atoms with Crippen LogP contribution < -0.4 is 10.6 Å². The van der Waals surface area contributed by atoms with Gasteiger partial charge in [-0.15, -0.1) is 0 Å². The van der Waals surface area contributed by atoms with Crippen molar-refractivity contribution in [1.82, 2.24) is 25.7 Å². The molecule has 0 spiro atoms. The third kappa shape index (κ3) is 6.17. The van der Waals surface area contributed by atoms with Crippen LogP contribution in [-0.2, 0) is 15.7 Å². The summed E-state index contributed by atoms with van der Waals surface area (Å²) in [6, 6.07) is 12.0. The van der Waals surface area contributed by atoms with E-state index in [1.165, 1.54) is 12.1 Å². The molecule has 3 aromatic rings. The van der Waals surface area contributed by atoms with E-state index in [0.29, 0.717) is 37.3 Å². The molecule has 1 unspecified atom stereocenters. The maximum absolute atomic E-state index is 13.0. The summed E-state index contributed by atoms with van der Waals surface area (Å²) in [5, 5.41) is 13.1. The highest BCUT2D eigenvalue weighted by Crippen LogP contribution is 2.31. The first-order chi connectivity index (χ1) is 16.8. The van der Waals surface area contributed by atoms with Crippen molar-refractivity contribution in [1.29, 1.82) is 0 Å². The average molecular weight is 489 g/mol. The Hall–Kier alpha value is -3.44. The lowest BCUT2D eigenvalue weighted by Gasteiger charge is -2.35. The van der Waals surface area contributed by atoms with Crippen molar-refractivity contribution in [2.45, 2.75) is 18.6 Å². The number of nitrogens with zero attached hydrogens (tertiary/aromatic N) is 2. The minimum absolute atomic E-state index is 0.0525. The van der Waals surface area contributed by atoms with E-state index in [0.717, 1.165) is 17.6 Å². The molecule has 0 bridgehead atoms. The van der Waals surface area contributed by atoms with Crippen LogP contribution in [0.1, 0.15) is 34.1 Å². The van der Waals surface area contributed by atoms with Crippen LogP contribution >= 0.6 is 0 Å². The zero-order chi connectivity index (χ0) is 24.8. The van der Waals surface area contributed by atoms with Crippen LogP contribution in [0.5, 0.6) is 0 Å². The first-order valence-electron chi connectivity index (χ1n) is 11.3. The largest absolute Gasteiger partial charge is 0.416 e. The Bertz CT molecular complexity index is 1160. The molecular formula is C24H26F3N5O3. The van der Waals surface area contributed by atoms with Crippen LogP contribution in [0.3, 0.4) is 0 Å². The van der Waals surface area contributed by atoms with E-state index >= 15 is 0 Å². The number of alkyl halides is 3. The molecule has 1 aromatic heterocycles. The molecule has 1 aliphatic heterocycles. The Morgan fingerprint density at radius 3 is 2.49 bits per heavy atom. The number of amides is 2. The van der Waals surface area contributed by atoms with Gasteiger partial charge in [0.25, 0.3) is 5.91 Å². The molecule has 0 saturated carbocycles. The number of nitrogens with one attached hydrogen (secondary N) is 3. The number of fused-ring (bicyclic) bond motifs is 1. The number of carbonyl (C=O) groups is 2. The van der Waals surface area contributed by atoms with Gasteiger partial charge < -0.3 is 15.4 Å². The van der Waals surface area contributed by atoms with Gasteiger partial charge in [-0.05, 0) is 23.8 Å². The Morgan fingerprint density at radius 2 is 1.77 bits per heavy atom. The molecule has 0 aliphatic carbocycles. The fourth-order valence-electron chi connectivity index (χ4n) is 4.05. The van der Waals surface area contributed by atoms with Gasteiger partial charge in [-0.1, -0.05) is 30.3 Å². The van der Waals surface area contributed by atoms with Gasteiger partial charge in [0, 0.05) is 38.0 Å². The van der Waals surface area contributed by atoms with Crippen LogP contribution in [0.4, 0.5) is 13.2 Å². The van der Waals surface area contributed by atoms with E-state index in [4.69, 9.17) is 4.74 Å². The van der Waals surface area contributed by atoms with Gasteiger partial charge in [0.1, 0.15) is 0 Å². The molecule has 1 aliphatic rings. The maximum atomic E-state index is 13.0. The van der Waals surface area contributed by atoms with Crippen LogP contribution in [0.25, 0.3) is 10.9 Å². The smallest absolute Gasteiger partial charge is 0.379 e. The molecule has 2 amide bonds. The highest BCUT2D eigenvalue weighted by Gasteiger charge is 2.31. The van der Waals surface area contributed by atoms with Crippen molar-refractivity contribution in [3.63, 3.8) is 0 Å². The fraction of sp³-hybridized carbons (Fsp3) is 0.375. The number of morpholine rings is 1. The number of rotatable bonds is 8. The number of hydrogen-bond donors (Lipinski definition) is 3. The molecule has 186 valence electrons. The Labute approximate surface area is 199 Å². The number of ether oxygens (including phenoxy) is 1. The fourth-order valence-corrected chi connectivity index (χ4v) is 4.05. The van der Waals surface area contributed by atoms with E-state index < -0.39 is 11.7 Å². The van der Waals surface area contributed by atoms with E-state index in [-0.39, 0.29) is 43.1 Å². The Balaban J connectivity index is 1.32. The lowest BCUT2D eigenvalue weighted by Crippen LogP contribution is -2.44. The molecule has 8 nitrogen and oxygen atoms in total. The molecule has 2 aromatic carbocycles. The second-order valence-corrected chi connectivity index (χ2v) is 8.21. The lowest BCUT2D eigenvalue weighted by molar-refractivity contribution is -0.137. The number of carbonyl (C=O) groups excluding carboxylic acids is 2. The van der Waals surface area contributed by atoms with Gasteiger partial charge in [0.2, 0.25) is 5.91 Å². The Kier molecular flexibility index (Phi) is 7.67. The monoisotopic (exact) mass is 489 g/mol. The lowest BCUT2D eigenvalue weighted by atomic mass is 10.0. The van der Waals surface area contributed by atoms with Crippen LogP contribution in [0, 0.1) is 0 Å². The number of halogens is 3. The average Bonchev–Trinajstić information content (AvgIpc) is 3.29. The SMILES string of the molecule is O=C(CCNC(=O)c1n[nH]c2ccccc12)NCC(c1ccc(C(F)(F)F)cc1)N1CCOCC1. The standard InChI is InChI=1S/C24H26F3N5O3/c25-24(26,27)17-7-5-16(6-8-17)20(32-11-13-35-14-12-32)15-29-21(33)9-10-28-23(34)22-18-3-1-2-4-19(18)30-31-22/h1-8,20H,9-15H2,(H,28,34)(H,29,33)(H,30,31). The summed E-state index contributed by atoms with van der Waals surface area (Å²) in [5.74, 6) is -0.659. The number of para-hydroxylation sites is 1. The predicted octanol–water partition coefficient (Wildman–Crippen LogP) is 2.89. The molecule has 1 saturated heterocycles. The van der Waals surface area contributed by atoms with Crippen LogP contribution in [-0.4, -0.2) is 66.3 Å². The number of H-pyrrole nitrogens is 1. The zero-order valence-corrected chi connectivity index (χ0v) is 18.9. The number of benzene rings is 2. The van der Waals surface area contributed by atoms with E-state index in [2.05, 4.69) is 25.7 Å². The van der Waals surface area contributed by atoms with Crippen molar-refractivity contribution >= 4 is 22.7 Å². The summed E-state index contributed by atoms with van der Waals surface area (Å²) < 4.78 is 44.2. The third-order valence-corrected chi connectivity index (χ3v) is 5.92. The molecule has 3 N–H and O–H groups in total. The second kappa shape index (κ2) is 10.9. The summed E-state index contributed by atoms with van der Waals surface area (Å²) in [6.45, 7) is 2.58. The van der Waals surface area contributed by atoms with Gasteiger partial charge in [-0.3, -0.25) is 19.6 Å². The minimum Gasteiger partial charge on any atom is -0.379 e. The summed E-state index contributed by atoms with van der Waals surface area (Å²) >= 11 is 0. The topological polar surface area (TPSA) is 99.3 Å². The number of aromatic amines is 1. The van der Waals surface area contributed by atoms with Crippen molar-refractivity contribution in [2.24, 2.45) is 0 Å². The molecule has 11 heteroatoms. The van der Waals surface area contributed by atoms with Gasteiger partial charge in [-0.2, -0.15) is 18.3 Å². The quantitative estimate of drug-likeness (QED) is 0.452. The van der Waals surface area contributed by atoms with Crippen molar-refractivity contribution in [3.8, 4) is 0 Å². The molecule has 0 radical (unpaired) electrons. The molecule has 2 heterocycles. The maximum Gasteiger partial charge on any atom is 0.416 e. The molecule has 1 atom stereocenters. The van der Waals surface area contributed by atoms with E-state index in [1.54, 1.807) is 6.07 Å². The van der Waals surface area contributed by atoms with Crippen molar-refractivity contribution in [2.75, 3.05) is 39.4 Å². The van der Waals surface area contributed by atoms with E-state index in [9.17, 15) is 22.8 Å². The van der Waals surface area contributed by atoms with Crippen LogP contribution in [0.2, 0.25) is 0 Å². The number of hydrogen-bond acceptors (Lipinski definition) is 5. The Morgan fingerprint density at radius 1 is 1.06 bits per heavy atom. The third-order valence-electron chi connectivity index (χ3n) is 5.92. The first-order valence-corrected chi connectivity index (χ1v) is 11.3. The molecule has 35 heavy (non-hydrogen) atoms. The summed E-state index contributed by atoms with van der Waals surface area (Å²) in [6.07, 6.45) is -4.36. The summed E-state index contributed by atoms with van der Waals surface area (Å²) in [5.41, 5.74) is 0.967. The molecular weight excluding hydrogens is 463 g/mol. The summed E-state index contributed by atoms with van der Waals surface area (Å²) in [4.78, 5) is 27.0. The predicted molar refractivity (Wildman–Crippen MR) is 123 cm³/mol. The molecule has 1 fully saturated rings. The van der Waals surface area contributed by atoms with Gasteiger partial charge >= 0.3 is 6.18 Å². The van der Waals surface area contributed by atoms with Crippen molar-refractivity contribution in [3.05, 3.63) is 65.4 Å². The van der Waals surface area contributed by atoms with Gasteiger partial charge in [0.05, 0.1) is 30.3 Å². The highest BCUT2D eigenvalue weighted by molar-refractivity contribution is 6.04. The first kappa shape index (κ1) is 24.7. The highest BCUT2D eigenvalue weighted by atomic mass is 19.4. The minimum atomic E-state index is -4.41. The summed E-state index contributed by atoms with van der Waals surface area (Å²) in [7, 11) is 0. The molecule has 4 rings (SSSR count).